The van der Waals surface area contributed by atoms with Crippen LogP contribution in [0.4, 0.5) is 5.69 Å². The smallest absolute Gasteiger partial charge is 0.311 e. The number of nitro benzene ring substituents is 1. The molecule has 3 N–H and O–H groups in total. The second kappa shape index (κ2) is 7.87. The van der Waals surface area contributed by atoms with Crippen LogP contribution in [0.15, 0.2) is 23.3 Å². The predicted molar refractivity (Wildman–Crippen MR) is 92.6 cm³/mol. The molecule has 0 spiro atoms. The zero-order valence-corrected chi connectivity index (χ0v) is 13.7. The monoisotopic (exact) mass is 336 g/mol. The number of rotatable bonds is 4. The highest BCUT2D eigenvalue weighted by atomic mass is 32.1. The molecule has 0 unspecified atom stereocenters. The van der Waals surface area contributed by atoms with Crippen molar-refractivity contribution >= 4 is 29.2 Å². The third-order valence-electron chi connectivity index (χ3n) is 4.00. The lowest BCUT2D eigenvalue weighted by molar-refractivity contribution is -0.385. The van der Waals surface area contributed by atoms with Gasteiger partial charge in [0.05, 0.1) is 11.1 Å². The van der Waals surface area contributed by atoms with E-state index in [4.69, 9.17) is 12.2 Å². The minimum absolute atomic E-state index is 0.355. The molecular weight excluding hydrogens is 316 g/mol. The summed E-state index contributed by atoms with van der Waals surface area (Å²) in [7, 11) is 0. The molecule has 0 aromatic heterocycles. The molecule has 2 rings (SSSR count). The van der Waals surface area contributed by atoms with E-state index in [-0.39, 0.29) is 11.4 Å². The summed E-state index contributed by atoms with van der Waals surface area (Å²) < 4.78 is 0. The number of nitro groups is 1. The molecule has 1 aliphatic rings. The Bertz CT molecular complexity index is 621. The number of phenols is 1. The van der Waals surface area contributed by atoms with Crippen LogP contribution in [0.5, 0.6) is 5.75 Å². The summed E-state index contributed by atoms with van der Waals surface area (Å²) in [5, 5.41) is 27.8. The zero-order chi connectivity index (χ0) is 16.8. The van der Waals surface area contributed by atoms with E-state index in [2.05, 4.69) is 22.8 Å². The third-order valence-corrected chi connectivity index (χ3v) is 4.21. The molecule has 8 heteroatoms. The van der Waals surface area contributed by atoms with E-state index in [0.29, 0.717) is 22.6 Å². The van der Waals surface area contributed by atoms with E-state index in [1.54, 1.807) is 0 Å². The molecule has 0 amide bonds. The van der Waals surface area contributed by atoms with Gasteiger partial charge < -0.3 is 10.4 Å². The Morgan fingerprint density at radius 3 is 2.91 bits per heavy atom. The Balaban J connectivity index is 1.89. The van der Waals surface area contributed by atoms with Crippen LogP contribution in [0.3, 0.4) is 0 Å². The van der Waals surface area contributed by atoms with Crippen LogP contribution in [0.2, 0.25) is 0 Å². The topological polar surface area (TPSA) is 99.8 Å². The Morgan fingerprint density at radius 1 is 1.48 bits per heavy atom. The molecule has 1 aromatic rings. The minimum atomic E-state index is -0.642. The fraction of sp³-hybridized carbons (Fsp3) is 0.467. The Hall–Kier alpha value is -2.22. The molecule has 1 fully saturated rings. The van der Waals surface area contributed by atoms with Crippen molar-refractivity contribution in [3.05, 3.63) is 33.9 Å². The van der Waals surface area contributed by atoms with Crippen molar-refractivity contribution in [2.24, 2.45) is 11.0 Å². The first-order valence-electron chi connectivity index (χ1n) is 7.54. The Labute approximate surface area is 139 Å². The second-order valence-corrected chi connectivity index (χ2v) is 6.13. The number of aromatic hydroxyl groups is 1. The normalized spacial score (nSPS) is 21.1. The van der Waals surface area contributed by atoms with Crippen molar-refractivity contribution < 1.29 is 10.0 Å². The fourth-order valence-corrected chi connectivity index (χ4v) is 2.87. The summed E-state index contributed by atoms with van der Waals surface area (Å²) in [6.07, 6.45) is 6.17. The Morgan fingerprint density at radius 2 is 2.22 bits per heavy atom. The molecule has 23 heavy (non-hydrogen) atoms. The van der Waals surface area contributed by atoms with Gasteiger partial charge in [-0.25, -0.2) is 0 Å². The molecule has 0 bridgehead atoms. The lowest BCUT2D eigenvalue weighted by atomic mass is 9.86. The van der Waals surface area contributed by atoms with Crippen LogP contribution < -0.4 is 10.7 Å². The standard InChI is InChI=1S/C15H20N4O3S/c1-10-4-2-3-5-12(10)17-15(23)18-16-9-11-6-7-14(20)13(8-11)19(21)22/h6-10,12,20H,2-5H2,1H3,(H2,17,18,23)/b16-9-/t10-,12-/m1/s1. The number of hydrogen-bond donors (Lipinski definition) is 3. The highest BCUT2D eigenvalue weighted by molar-refractivity contribution is 7.80. The van der Waals surface area contributed by atoms with Crippen LogP contribution in [-0.4, -0.2) is 27.4 Å². The highest BCUT2D eigenvalue weighted by Crippen LogP contribution is 2.25. The summed E-state index contributed by atoms with van der Waals surface area (Å²) in [5.41, 5.74) is 2.86. The number of hydrogen-bond acceptors (Lipinski definition) is 5. The van der Waals surface area contributed by atoms with Crippen LogP contribution in [0.1, 0.15) is 38.2 Å². The number of thiocarbonyl (C=S) groups is 1. The van der Waals surface area contributed by atoms with E-state index >= 15 is 0 Å². The lowest BCUT2D eigenvalue weighted by Crippen LogP contribution is -2.44. The van der Waals surface area contributed by atoms with Crippen LogP contribution >= 0.6 is 12.2 Å². The SMILES string of the molecule is C[C@@H]1CCCC[C@H]1NC(=S)N/N=C\c1ccc(O)c([N+](=O)[O-])c1. The highest BCUT2D eigenvalue weighted by Gasteiger charge is 2.21. The van der Waals surface area contributed by atoms with E-state index in [0.717, 1.165) is 6.42 Å². The van der Waals surface area contributed by atoms with Gasteiger partial charge in [-0.1, -0.05) is 19.8 Å². The molecule has 1 aromatic carbocycles. The van der Waals surface area contributed by atoms with Crippen molar-refractivity contribution in [2.45, 2.75) is 38.6 Å². The van der Waals surface area contributed by atoms with Crippen molar-refractivity contribution in [1.29, 1.82) is 0 Å². The van der Waals surface area contributed by atoms with Crippen molar-refractivity contribution in [1.82, 2.24) is 10.7 Å². The summed E-state index contributed by atoms with van der Waals surface area (Å²) in [4.78, 5) is 10.1. The largest absolute Gasteiger partial charge is 0.502 e. The zero-order valence-electron chi connectivity index (χ0n) is 12.9. The first-order chi connectivity index (χ1) is 11.0. The van der Waals surface area contributed by atoms with Crippen LogP contribution in [0, 0.1) is 16.0 Å². The average Bonchev–Trinajstić information content (AvgIpc) is 2.51. The number of benzene rings is 1. The number of nitrogens with one attached hydrogen (secondary N) is 2. The summed E-state index contributed by atoms with van der Waals surface area (Å²) in [6, 6.07) is 4.40. The maximum atomic E-state index is 10.8. The Kier molecular flexibility index (Phi) is 5.86. The predicted octanol–water partition coefficient (Wildman–Crippen LogP) is 2.68. The minimum Gasteiger partial charge on any atom is -0.502 e. The molecule has 2 atom stereocenters. The number of phenolic OH excluding ortho intramolecular Hbond substituents is 1. The third kappa shape index (κ3) is 4.88. The first kappa shape index (κ1) is 17.1. The average molecular weight is 336 g/mol. The fourth-order valence-electron chi connectivity index (χ4n) is 2.66. The van der Waals surface area contributed by atoms with Gasteiger partial charge in [-0.15, -0.1) is 0 Å². The maximum absolute atomic E-state index is 10.8. The van der Waals surface area contributed by atoms with Gasteiger partial charge in [0.1, 0.15) is 0 Å². The van der Waals surface area contributed by atoms with Gasteiger partial charge in [0.25, 0.3) is 0 Å². The quantitative estimate of drug-likeness (QED) is 0.338. The van der Waals surface area contributed by atoms with E-state index in [1.165, 1.54) is 43.7 Å². The first-order valence-corrected chi connectivity index (χ1v) is 7.95. The van der Waals surface area contributed by atoms with Crippen molar-refractivity contribution in [3.63, 3.8) is 0 Å². The van der Waals surface area contributed by atoms with Gasteiger partial charge in [-0.05, 0) is 43.1 Å². The summed E-state index contributed by atoms with van der Waals surface area (Å²) in [5.74, 6) is 0.204. The molecule has 1 aliphatic carbocycles. The van der Waals surface area contributed by atoms with Gasteiger partial charge in [0.2, 0.25) is 0 Å². The number of nitrogens with zero attached hydrogens (tertiary/aromatic N) is 2. The molecule has 0 heterocycles. The molecule has 7 nitrogen and oxygen atoms in total. The summed E-state index contributed by atoms with van der Waals surface area (Å²) in [6.45, 7) is 2.21. The van der Waals surface area contributed by atoms with Crippen LogP contribution in [-0.2, 0) is 0 Å². The van der Waals surface area contributed by atoms with Gasteiger partial charge in [0.15, 0.2) is 10.9 Å². The lowest BCUT2D eigenvalue weighted by Gasteiger charge is -2.30. The molecule has 0 radical (unpaired) electrons. The second-order valence-electron chi connectivity index (χ2n) is 5.72. The molecular formula is C15H20N4O3S. The van der Waals surface area contributed by atoms with Gasteiger partial charge in [-0.3, -0.25) is 15.5 Å². The molecule has 0 saturated heterocycles. The maximum Gasteiger partial charge on any atom is 0.311 e. The van der Waals surface area contributed by atoms with Crippen LogP contribution in [0.25, 0.3) is 0 Å². The van der Waals surface area contributed by atoms with E-state index in [9.17, 15) is 15.2 Å². The van der Waals surface area contributed by atoms with E-state index < -0.39 is 4.92 Å². The number of hydrazone groups is 1. The van der Waals surface area contributed by atoms with Crippen molar-refractivity contribution in [2.75, 3.05) is 0 Å². The van der Waals surface area contributed by atoms with Gasteiger partial charge >= 0.3 is 5.69 Å². The van der Waals surface area contributed by atoms with E-state index in [1.807, 2.05) is 0 Å². The van der Waals surface area contributed by atoms with Gasteiger partial charge in [0, 0.05) is 17.7 Å². The van der Waals surface area contributed by atoms with Crippen molar-refractivity contribution in [3.8, 4) is 5.75 Å². The van der Waals surface area contributed by atoms with Gasteiger partial charge in [-0.2, -0.15) is 5.10 Å². The molecule has 0 aliphatic heterocycles. The molecule has 124 valence electrons. The molecule has 1 saturated carbocycles. The summed E-state index contributed by atoms with van der Waals surface area (Å²) >= 11 is 5.21.